The Balaban J connectivity index is 2.04. The van der Waals surface area contributed by atoms with E-state index in [1.165, 1.54) is 0 Å². The summed E-state index contributed by atoms with van der Waals surface area (Å²) in [7, 11) is 0. The second kappa shape index (κ2) is 6.35. The van der Waals surface area contributed by atoms with Crippen molar-refractivity contribution in [1.29, 1.82) is 0 Å². The maximum Gasteiger partial charge on any atom is 0.253 e. The Morgan fingerprint density at radius 1 is 1.48 bits per heavy atom. The summed E-state index contributed by atoms with van der Waals surface area (Å²) in [4.78, 5) is 12.3. The zero-order valence-electron chi connectivity index (χ0n) is 13.2. The molecule has 1 aromatic rings. The molecule has 0 bridgehead atoms. The number of rotatable bonds is 4. The van der Waals surface area contributed by atoms with Gasteiger partial charge in [-0.25, -0.2) is 0 Å². The zero-order valence-corrected chi connectivity index (χ0v) is 13.2. The summed E-state index contributed by atoms with van der Waals surface area (Å²) in [5.74, 6) is 0.696. The molecule has 21 heavy (non-hydrogen) atoms. The predicted molar refractivity (Wildman–Crippen MR) is 84.0 cm³/mol. The van der Waals surface area contributed by atoms with Gasteiger partial charge < -0.3 is 20.1 Å². The molecular weight excluding hydrogens is 268 g/mol. The van der Waals surface area contributed by atoms with Gasteiger partial charge in [-0.05, 0) is 45.4 Å². The van der Waals surface area contributed by atoms with Gasteiger partial charge in [0.25, 0.3) is 5.91 Å². The van der Waals surface area contributed by atoms with Gasteiger partial charge in [-0.1, -0.05) is 6.92 Å². The maximum atomic E-state index is 12.3. The smallest absolute Gasteiger partial charge is 0.253 e. The van der Waals surface area contributed by atoms with E-state index in [1.807, 2.05) is 45.9 Å². The summed E-state index contributed by atoms with van der Waals surface area (Å²) >= 11 is 0. The van der Waals surface area contributed by atoms with Crippen molar-refractivity contribution in [3.05, 3.63) is 18.2 Å². The molecule has 0 fully saturated rings. The summed E-state index contributed by atoms with van der Waals surface area (Å²) in [6.07, 6.45) is 0.181. The number of ether oxygens (including phenoxy) is 2. The third-order valence-corrected chi connectivity index (χ3v) is 3.08. The first-order valence-electron chi connectivity index (χ1n) is 7.38. The number of amides is 1. The van der Waals surface area contributed by atoms with Crippen LogP contribution in [0.2, 0.25) is 0 Å². The van der Waals surface area contributed by atoms with Crippen LogP contribution in [0.4, 0.5) is 11.4 Å². The van der Waals surface area contributed by atoms with E-state index in [9.17, 15) is 4.79 Å². The van der Waals surface area contributed by atoms with Crippen LogP contribution in [-0.2, 0) is 9.53 Å². The molecule has 5 heteroatoms. The fourth-order valence-corrected chi connectivity index (χ4v) is 2.19. The fraction of sp³-hybridized carbons (Fsp3) is 0.562. The molecule has 5 nitrogen and oxygen atoms in total. The largest absolute Gasteiger partial charge is 0.490 e. The Labute approximate surface area is 126 Å². The van der Waals surface area contributed by atoms with Crippen LogP contribution in [0.5, 0.6) is 5.75 Å². The average molecular weight is 292 g/mol. The summed E-state index contributed by atoms with van der Waals surface area (Å²) < 4.78 is 11.3. The highest BCUT2D eigenvalue weighted by Gasteiger charge is 2.24. The van der Waals surface area contributed by atoms with Gasteiger partial charge in [0.1, 0.15) is 18.5 Å². The number of hydrogen-bond acceptors (Lipinski definition) is 4. The van der Waals surface area contributed by atoms with Gasteiger partial charge in [0, 0.05) is 12.2 Å². The van der Waals surface area contributed by atoms with Crippen molar-refractivity contribution >= 4 is 17.3 Å². The van der Waals surface area contributed by atoms with Crippen molar-refractivity contribution in [3.8, 4) is 5.75 Å². The van der Waals surface area contributed by atoms with E-state index in [4.69, 9.17) is 9.47 Å². The van der Waals surface area contributed by atoms with Crippen molar-refractivity contribution in [2.75, 3.05) is 23.8 Å². The number of hydrogen-bond donors (Lipinski definition) is 2. The molecule has 1 heterocycles. The van der Waals surface area contributed by atoms with Crippen LogP contribution < -0.4 is 15.4 Å². The molecule has 1 aliphatic rings. The minimum atomic E-state index is -0.453. The minimum Gasteiger partial charge on any atom is -0.490 e. The van der Waals surface area contributed by atoms with Gasteiger partial charge in [-0.2, -0.15) is 0 Å². The quantitative estimate of drug-likeness (QED) is 0.895. The second-order valence-electron chi connectivity index (χ2n) is 6.10. The van der Waals surface area contributed by atoms with E-state index in [2.05, 4.69) is 10.6 Å². The molecule has 0 aromatic heterocycles. The van der Waals surface area contributed by atoms with Crippen LogP contribution in [0.15, 0.2) is 18.2 Å². The number of carbonyl (C=O) groups excluding carboxylic acids is 1. The highest BCUT2D eigenvalue weighted by atomic mass is 16.5. The molecule has 0 saturated carbocycles. The molecule has 0 saturated heterocycles. The lowest BCUT2D eigenvalue weighted by molar-refractivity contribution is -0.137. The van der Waals surface area contributed by atoms with E-state index in [0.717, 1.165) is 23.7 Å². The van der Waals surface area contributed by atoms with Crippen molar-refractivity contribution < 1.29 is 14.3 Å². The standard InChI is InChI=1S/C16H24N2O3/c1-5-13(21-16(2,3)4)15(19)18-11-6-7-14-12(10-11)17-8-9-20-14/h6-7,10,13,17H,5,8-9H2,1-4H3,(H,18,19). The molecule has 2 N–H and O–H groups in total. The summed E-state index contributed by atoms with van der Waals surface area (Å²) in [5.41, 5.74) is 1.31. The van der Waals surface area contributed by atoms with Crippen molar-refractivity contribution in [2.24, 2.45) is 0 Å². The monoisotopic (exact) mass is 292 g/mol. The first-order valence-corrected chi connectivity index (χ1v) is 7.38. The Morgan fingerprint density at radius 3 is 2.90 bits per heavy atom. The van der Waals surface area contributed by atoms with E-state index in [1.54, 1.807) is 0 Å². The molecule has 116 valence electrons. The van der Waals surface area contributed by atoms with E-state index < -0.39 is 6.10 Å². The molecule has 1 aromatic carbocycles. The number of carbonyl (C=O) groups is 1. The lowest BCUT2D eigenvalue weighted by atomic mass is 10.1. The van der Waals surface area contributed by atoms with Crippen LogP contribution in [0.3, 0.4) is 0 Å². The van der Waals surface area contributed by atoms with E-state index >= 15 is 0 Å². The van der Waals surface area contributed by atoms with Crippen molar-refractivity contribution in [1.82, 2.24) is 0 Å². The fourth-order valence-electron chi connectivity index (χ4n) is 2.19. The highest BCUT2D eigenvalue weighted by Crippen LogP contribution is 2.30. The molecule has 2 rings (SSSR count). The lowest BCUT2D eigenvalue weighted by Gasteiger charge is -2.26. The van der Waals surface area contributed by atoms with Crippen LogP contribution in [0.25, 0.3) is 0 Å². The molecule has 0 radical (unpaired) electrons. The van der Waals surface area contributed by atoms with Crippen LogP contribution in [0.1, 0.15) is 34.1 Å². The molecule has 1 aliphatic heterocycles. The van der Waals surface area contributed by atoms with Crippen LogP contribution >= 0.6 is 0 Å². The van der Waals surface area contributed by atoms with Crippen LogP contribution in [0, 0.1) is 0 Å². The number of nitrogens with one attached hydrogen (secondary N) is 2. The number of benzene rings is 1. The van der Waals surface area contributed by atoms with Gasteiger partial charge in [0.15, 0.2) is 0 Å². The third kappa shape index (κ3) is 4.36. The molecule has 0 aliphatic carbocycles. The Morgan fingerprint density at radius 2 is 2.24 bits per heavy atom. The minimum absolute atomic E-state index is 0.121. The Bertz CT molecular complexity index is 509. The van der Waals surface area contributed by atoms with Gasteiger partial charge in [-0.15, -0.1) is 0 Å². The second-order valence-corrected chi connectivity index (χ2v) is 6.10. The molecule has 1 atom stereocenters. The predicted octanol–water partition coefficient (Wildman–Crippen LogP) is 3.02. The Hall–Kier alpha value is -1.75. The van der Waals surface area contributed by atoms with Gasteiger partial charge in [0.05, 0.1) is 11.3 Å². The SMILES string of the molecule is CCC(OC(C)(C)C)C(=O)Nc1ccc2c(c1)NCCO2. The molecule has 1 amide bonds. The highest BCUT2D eigenvalue weighted by molar-refractivity contribution is 5.94. The van der Waals surface area contributed by atoms with E-state index in [-0.39, 0.29) is 11.5 Å². The molecule has 0 spiro atoms. The average Bonchev–Trinajstić information content (AvgIpc) is 2.43. The lowest BCUT2D eigenvalue weighted by Crippen LogP contribution is -2.36. The first-order chi connectivity index (χ1) is 9.89. The summed E-state index contributed by atoms with van der Waals surface area (Å²) in [6, 6.07) is 5.59. The third-order valence-electron chi connectivity index (χ3n) is 3.08. The van der Waals surface area contributed by atoms with Crippen LogP contribution in [-0.4, -0.2) is 30.8 Å². The molecule has 1 unspecified atom stereocenters. The Kier molecular flexibility index (Phi) is 4.73. The molecular formula is C16H24N2O3. The normalized spacial score (nSPS) is 15.4. The number of fused-ring (bicyclic) bond motifs is 1. The van der Waals surface area contributed by atoms with Crippen molar-refractivity contribution in [2.45, 2.75) is 45.8 Å². The van der Waals surface area contributed by atoms with Crippen molar-refractivity contribution in [3.63, 3.8) is 0 Å². The number of anilines is 2. The topological polar surface area (TPSA) is 59.6 Å². The first kappa shape index (κ1) is 15.6. The van der Waals surface area contributed by atoms with Gasteiger partial charge in [-0.3, -0.25) is 4.79 Å². The van der Waals surface area contributed by atoms with Gasteiger partial charge >= 0.3 is 0 Å². The van der Waals surface area contributed by atoms with E-state index in [0.29, 0.717) is 13.0 Å². The maximum absolute atomic E-state index is 12.3. The summed E-state index contributed by atoms with van der Waals surface area (Å²) in [6.45, 7) is 9.22. The van der Waals surface area contributed by atoms with Gasteiger partial charge in [0.2, 0.25) is 0 Å². The zero-order chi connectivity index (χ0) is 15.5. The summed E-state index contributed by atoms with van der Waals surface area (Å²) in [5, 5.41) is 6.16.